The van der Waals surface area contributed by atoms with Crippen LogP contribution in [0.25, 0.3) is 0 Å². The third-order valence-electron chi connectivity index (χ3n) is 2.25. The first-order valence-corrected chi connectivity index (χ1v) is 6.76. The van der Waals surface area contributed by atoms with Crippen molar-refractivity contribution in [1.29, 1.82) is 0 Å². The van der Waals surface area contributed by atoms with Crippen LogP contribution < -0.4 is 5.32 Å². The number of ether oxygens (including phenoxy) is 2. The van der Waals surface area contributed by atoms with E-state index >= 15 is 0 Å². The molecule has 2 unspecified atom stereocenters. The monoisotopic (exact) mass is 275 g/mol. The smallest absolute Gasteiger partial charge is 0.0897 e. The van der Waals surface area contributed by atoms with Gasteiger partial charge in [0.25, 0.3) is 0 Å². The Morgan fingerprint density at radius 3 is 2.61 bits per heavy atom. The molecule has 5 nitrogen and oxygen atoms in total. The van der Waals surface area contributed by atoms with Crippen LogP contribution in [0.15, 0.2) is 17.5 Å². The Morgan fingerprint density at radius 1 is 1.28 bits per heavy atom. The SMILES string of the molecule is COCC(O)CNCC(O)COCc1cccs1. The molecule has 104 valence electrons. The number of rotatable bonds is 10. The zero-order valence-corrected chi connectivity index (χ0v) is 11.4. The number of methoxy groups -OCH3 is 1. The van der Waals surface area contributed by atoms with E-state index in [9.17, 15) is 10.2 Å². The summed E-state index contributed by atoms with van der Waals surface area (Å²) in [6.07, 6.45) is -1.12. The molecule has 0 spiro atoms. The van der Waals surface area contributed by atoms with Gasteiger partial charge in [0.05, 0.1) is 32.0 Å². The molecule has 1 aromatic heterocycles. The predicted molar refractivity (Wildman–Crippen MR) is 70.7 cm³/mol. The molecule has 18 heavy (non-hydrogen) atoms. The maximum absolute atomic E-state index is 9.62. The average Bonchev–Trinajstić information content (AvgIpc) is 2.82. The Morgan fingerprint density at radius 2 is 2.00 bits per heavy atom. The van der Waals surface area contributed by atoms with Gasteiger partial charge in [-0.05, 0) is 11.4 Å². The summed E-state index contributed by atoms with van der Waals surface area (Å²) in [7, 11) is 1.54. The van der Waals surface area contributed by atoms with E-state index in [0.717, 1.165) is 4.88 Å². The number of nitrogens with one attached hydrogen (secondary N) is 1. The third-order valence-corrected chi connectivity index (χ3v) is 3.10. The highest BCUT2D eigenvalue weighted by Crippen LogP contribution is 2.09. The average molecular weight is 275 g/mol. The first-order valence-electron chi connectivity index (χ1n) is 5.88. The van der Waals surface area contributed by atoms with Crippen molar-refractivity contribution in [3.63, 3.8) is 0 Å². The molecule has 0 bridgehead atoms. The topological polar surface area (TPSA) is 71.0 Å². The summed E-state index contributed by atoms with van der Waals surface area (Å²) in [5.41, 5.74) is 0. The molecule has 0 radical (unpaired) electrons. The van der Waals surface area contributed by atoms with Gasteiger partial charge in [0, 0.05) is 25.1 Å². The van der Waals surface area contributed by atoms with E-state index in [1.807, 2.05) is 17.5 Å². The van der Waals surface area contributed by atoms with E-state index in [4.69, 9.17) is 9.47 Å². The first-order chi connectivity index (χ1) is 8.72. The molecule has 0 saturated carbocycles. The van der Waals surface area contributed by atoms with Crippen LogP contribution in [0, 0.1) is 0 Å². The minimum absolute atomic E-state index is 0.283. The summed E-state index contributed by atoms with van der Waals surface area (Å²) < 4.78 is 10.2. The fourth-order valence-corrected chi connectivity index (χ4v) is 2.06. The van der Waals surface area contributed by atoms with E-state index in [1.54, 1.807) is 11.3 Å². The molecular weight excluding hydrogens is 254 g/mol. The summed E-state index contributed by atoms with van der Waals surface area (Å²) in [5, 5.41) is 23.9. The van der Waals surface area contributed by atoms with Crippen molar-refractivity contribution in [2.45, 2.75) is 18.8 Å². The standard InChI is InChI=1S/C12H21NO4S/c1-16-7-10(14)5-13-6-11(15)8-17-9-12-3-2-4-18-12/h2-4,10-11,13-15H,5-9H2,1H3. The van der Waals surface area contributed by atoms with Gasteiger partial charge < -0.3 is 25.0 Å². The Balaban J connectivity index is 1.98. The largest absolute Gasteiger partial charge is 0.389 e. The van der Waals surface area contributed by atoms with Crippen molar-refractivity contribution in [1.82, 2.24) is 5.32 Å². The van der Waals surface area contributed by atoms with Gasteiger partial charge in [-0.3, -0.25) is 0 Å². The molecule has 1 aromatic rings. The van der Waals surface area contributed by atoms with Crippen LogP contribution in [0.5, 0.6) is 0 Å². The molecule has 1 rings (SSSR count). The number of hydrogen-bond acceptors (Lipinski definition) is 6. The van der Waals surface area contributed by atoms with Crippen molar-refractivity contribution in [2.75, 3.05) is 33.4 Å². The maximum atomic E-state index is 9.62. The highest BCUT2D eigenvalue weighted by molar-refractivity contribution is 7.09. The van der Waals surface area contributed by atoms with Crippen LogP contribution >= 0.6 is 11.3 Å². The second-order valence-electron chi connectivity index (χ2n) is 4.02. The molecule has 6 heteroatoms. The molecule has 0 saturated heterocycles. The summed E-state index contributed by atoms with van der Waals surface area (Å²) in [5.74, 6) is 0. The van der Waals surface area contributed by atoms with Gasteiger partial charge in [0.1, 0.15) is 0 Å². The van der Waals surface area contributed by atoms with E-state index in [-0.39, 0.29) is 13.2 Å². The number of aliphatic hydroxyl groups excluding tert-OH is 2. The zero-order chi connectivity index (χ0) is 13.2. The molecule has 0 aliphatic rings. The lowest BCUT2D eigenvalue weighted by Crippen LogP contribution is -2.36. The van der Waals surface area contributed by atoms with Crippen molar-refractivity contribution < 1.29 is 19.7 Å². The molecule has 3 N–H and O–H groups in total. The van der Waals surface area contributed by atoms with E-state index in [1.165, 1.54) is 7.11 Å². The van der Waals surface area contributed by atoms with Crippen LogP contribution in [0.1, 0.15) is 4.88 Å². The van der Waals surface area contributed by atoms with Gasteiger partial charge in [-0.2, -0.15) is 0 Å². The predicted octanol–water partition coefficient (Wildman–Crippen LogP) is 0.223. The highest BCUT2D eigenvalue weighted by atomic mass is 32.1. The van der Waals surface area contributed by atoms with Gasteiger partial charge in [0.15, 0.2) is 0 Å². The van der Waals surface area contributed by atoms with Gasteiger partial charge >= 0.3 is 0 Å². The van der Waals surface area contributed by atoms with Crippen LogP contribution in [0.2, 0.25) is 0 Å². The van der Waals surface area contributed by atoms with Crippen molar-refractivity contribution in [2.24, 2.45) is 0 Å². The van der Waals surface area contributed by atoms with Crippen LogP contribution in [0.4, 0.5) is 0 Å². The molecule has 0 aliphatic heterocycles. The molecule has 0 amide bonds. The number of thiophene rings is 1. The lowest BCUT2D eigenvalue weighted by molar-refractivity contribution is 0.0250. The third kappa shape index (κ3) is 7.05. The van der Waals surface area contributed by atoms with Crippen molar-refractivity contribution in [3.8, 4) is 0 Å². The van der Waals surface area contributed by atoms with Crippen LogP contribution in [-0.2, 0) is 16.1 Å². The van der Waals surface area contributed by atoms with Gasteiger partial charge in [-0.15, -0.1) is 11.3 Å². The molecule has 0 aromatic carbocycles. The Kier molecular flexibility index (Phi) is 8.15. The molecular formula is C12H21NO4S. The van der Waals surface area contributed by atoms with E-state index in [2.05, 4.69) is 5.32 Å². The Bertz CT molecular complexity index is 294. The summed E-state index contributed by atoms with van der Waals surface area (Å²) in [6.45, 7) is 1.89. The van der Waals surface area contributed by atoms with Gasteiger partial charge in [-0.25, -0.2) is 0 Å². The summed E-state index contributed by atoms with van der Waals surface area (Å²) >= 11 is 1.63. The maximum Gasteiger partial charge on any atom is 0.0897 e. The van der Waals surface area contributed by atoms with Gasteiger partial charge in [0.2, 0.25) is 0 Å². The number of hydrogen-bond donors (Lipinski definition) is 3. The fraction of sp³-hybridized carbons (Fsp3) is 0.667. The normalized spacial score (nSPS) is 14.6. The summed E-state index contributed by atoms with van der Waals surface area (Å²) in [4.78, 5) is 1.14. The number of aliphatic hydroxyl groups is 2. The quantitative estimate of drug-likeness (QED) is 0.570. The van der Waals surface area contributed by atoms with Crippen LogP contribution in [0.3, 0.4) is 0 Å². The van der Waals surface area contributed by atoms with Crippen LogP contribution in [-0.4, -0.2) is 55.8 Å². The lowest BCUT2D eigenvalue weighted by atomic mass is 10.3. The second kappa shape index (κ2) is 9.43. The highest BCUT2D eigenvalue weighted by Gasteiger charge is 2.07. The Labute approximate surface area is 111 Å². The fourth-order valence-electron chi connectivity index (χ4n) is 1.42. The van der Waals surface area contributed by atoms with E-state index < -0.39 is 12.2 Å². The Hall–Kier alpha value is -0.500. The molecule has 0 aliphatic carbocycles. The van der Waals surface area contributed by atoms with Crippen molar-refractivity contribution >= 4 is 11.3 Å². The van der Waals surface area contributed by atoms with Gasteiger partial charge in [-0.1, -0.05) is 6.07 Å². The molecule has 0 fully saturated rings. The molecule has 2 atom stereocenters. The lowest BCUT2D eigenvalue weighted by Gasteiger charge is -2.14. The second-order valence-corrected chi connectivity index (χ2v) is 5.05. The van der Waals surface area contributed by atoms with Crippen molar-refractivity contribution in [3.05, 3.63) is 22.4 Å². The minimum Gasteiger partial charge on any atom is -0.389 e. The first kappa shape index (κ1) is 15.6. The summed E-state index contributed by atoms with van der Waals surface area (Å²) in [6, 6.07) is 3.97. The minimum atomic E-state index is -0.570. The molecule has 1 heterocycles. The van der Waals surface area contributed by atoms with E-state index in [0.29, 0.717) is 19.7 Å². The zero-order valence-electron chi connectivity index (χ0n) is 10.5.